The summed E-state index contributed by atoms with van der Waals surface area (Å²) in [6, 6.07) is 10.2. The van der Waals surface area contributed by atoms with Gasteiger partial charge in [0.25, 0.3) is 0 Å². The van der Waals surface area contributed by atoms with Crippen molar-refractivity contribution < 1.29 is 24.1 Å². The van der Waals surface area contributed by atoms with Gasteiger partial charge in [0.15, 0.2) is 0 Å². The van der Waals surface area contributed by atoms with Crippen molar-refractivity contribution in [2.75, 3.05) is 7.11 Å². The first-order chi connectivity index (χ1) is 5.83. The van der Waals surface area contributed by atoms with Crippen molar-refractivity contribution in [3.63, 3.8) is 0 Å². The Labute approximate surface area is 83.5 Å². The van der Waals surface area contributed by atoms with Crippen LogP contribution in [0.1, 0.15) is 5.56 Å². The monoisotopic (exact) mass is 330 g/mol. The van der Waals surface area contributed by atoms with E-state index in [0.717, 1.165) is 4.08 Å². The van der Waals surface area contributed by atoms with Gasteiger partial charge in [-0.15, -0.1) is 0 Å². The molecule has 1 aromatic rings. The Hall–Kier alpha value is -0.522. The molecule has 0 unspecified atom stereocenters. The Balaban J connectivity index is 2.64. The van der Waals surface area contributed by atoms with Gasteiger partial charge < -0.3 is 0 Å². The molecule has 2 heteroatoms. The molecule has 12 heavy (non-hydrogen) atoms. The molecule has 1 nitrogen and oxygen atoms in total. The summed E-state index contributed by atoms with van der Waals surface area (Å²) in [7, 11) is 1.69. The van der Waals surface area contributed by atoms with Gasteiger partial charge >= 0.3 is 83.3 Å². The number of hydrogen-bond acceptors (Lipinski definition) is 1. The van der Waals surface area contributed by atoms with E-state index in [-0.39, 0.29) is 0 Å². The van der Waals surface area contributed by atoms with E-state index in [4.69, 9.17) is 4.74 Å². The van der Waals surface area contributed by atoms with Crippen molar-refractivity contribution in [1.29, 1.82) is 0 Å². The van der Waals surface area contributed by atoms with Gasteiger partial charge in [-0.05, 0) is 0 Å². The molecule has 0 aliphatic heterocycles. The van der Waals surface area contributed by atoms with Crippen molar-refractivity contribution >= 4 is 10.2 Å². The van der Waals surface area contributed by atoms with Crippen LogP contribution in [0.15, 0.2) is 36.4 Å². The molecule has 0 saturated carbocycles. The molecule has 1 rings (SSSR count). The van der Waals surface area contributed by atoms with Crippen LogP contribution in [0.2, 0.25) is 0 Å². The van der Waals surface area contributed by atoms with Crippen molar-refractivity contribution in [3.8, 4) is 0 Å². The van der Waals surface area contributed by atoms with Crippen LogP contribution in [0, 0.1) is 0 Å². The first kappa shape index (κ1) is 9.57. The topological polar surface area (TPSA) is 9.23 Å². The summed E-state index contributed by atoms with van der Waals surface area (Å²) in [6.45, 7) is 0. The van der Waals surface area contributed by atoms with Crippen molar-refractivity contribution in [1.82, 2.24) is 0 Å². The Morgan fingerprint density at radius 1 is 1.33 bits per heavy atom. The van der Waals surface area contributed by atoms with E-state index in [2.05, 4.69) is 12.1 Å². The third-order valence-corrected chi connectivity index (χ3v) is 2.50. The van der Waals surface area contributed by atoms with E-state index in [0.29, 0.717) is 0 Å². The molecule has 0 aliphatic rings. The molecule has 0 bridgehead atoms. The van der Waals surface area contributed by atoms with Crippen LogP contribution < -0.4 is 0 Å². The normalized spacial score (nSPS) is 10.4. The Bertz CT molecular complexity index is 277. The van der Waals surface area contributed by atoms with Gasteiger partial charge in [-0.2, -0.15) is 0 Å². The molecule has 0 saturated heterocycles. The van der Waals surface area contributed by atoms with Gasteiger partial charge in [0.05, 0.1) is 0 Å². The summed E-state index contributed by atoms with van der Waals surface area (Å²) >= 11 is 1.35. The van der Waals surface area contributed by atoms with Gasteiger partial charge in [0, 0.05) is 0 Å². The minimum atomic E-state index is 0.999. The van der Waals surface area contributed by atoms with E-state index in [1.165, 1.54) is 24.9 Å². The zero-order valence-corrected chi connectivity index (χ0v) is 9.79. The third-order valence-electron chi connectivity index (χ3n) is 1.41. The number of hydrogen-bond donors (Lipinski definition) is 0. The average Bonchev–Trinajstić information content (AvgIpc) is 2.16. The molecule has 0 aromatic heterocycles. The van der Waals surface area contributed by atoms with Crippen LogP contribution in [-0.4, -0.2) is 11.2 Å². The molecule has 0 fully saturated rings. The molecule has 0 amide bonds. The molecule has 0 spiro atoms. The number of benzene rings is 1. The predicted octanol–water partition coefficient (Wildman–Crippen LogP) is 2.02. The van der Waals surface area contributed by atoms with Gasteiger partial charge in [-0.3, -0.25) is 0 Å². The first-order valence-corrected chi connectivity index (χ1v) is 5.10. The first-order valence-electron chi connectivity index (χ1n) is 3.64. The van der Waals surface area contributed by atoms with E-state index in [1.807, 2.05) is 30.4 Å². The van der Waals surface area contributed by atoms with Crippen molar-refractivity contribution in [3.05, 3.63) is 42.0 Å². The van der Waals surface area contributed by atoms with Crippen molar-refractivity contribution in [2.45, 2.75) is 0 Å². The predicted molar refractivity (Wildman–Crippen MR) is 47.5 cm³/mol. The summed E-state index contributed by atoms with van der Waals surface area (Å²) in [5, 5.41) is 0. The SMILES string of the molecule is CO[C](=[W])/C=C/c1ccccc1. The summed E-state index contributed by atoms with van der Waals surface area (Å²) in [5.41, 5.74) is 1.20. The van der Waals surface area contributed by atoms with E-state index in [1.54, 1.807) is 7.11 Å². The molecule has 0 N–H and O–H groups in total. The van der Waals surface area contributed by atoms with Crippen LogP contribution in [0.5, 0.6) is 0 Å². The van der Waals surface area contributed by atoms with Gasteiger partial charge in [0.1, 0.15) is 0 Å². The Kier molecular flexibility index (Phi) is 4.13. The zero-order chi connectivity index (χ0) is 8.81. The molecule has 0 atom stereocenters. The van der Waals surface area contributed by atoms with Crippen LogP contribution in [-0.2, 0) is 24.1 Å². The Morgan fingerprint density at radius 2 is 2.00 bits per heavy atom. The molecular weight excluding hydrogens is 320 g/mol. The second-order valence-electron chi connectivity index (χ2n) is 2.27. The van der Waals surface area contributed by atoms with Crippen molar-refractivity contribution in [2.24, 2.45) is 0 Å². The van der Waals surface area contributed by atoms with Gasteiger partial charge in [0.2, 0.25) is 0 Å². The summed E-state index contributed by atoms with van der Waals surface area (Å²) in [4.78, 5) is 0. The van der Waals surface area contributed by atoms with Gasteiger partial charge in [-0.1, -0.05) is 0 Å². The molecule has 1 aromatic carbocycles. The average molecular weight is 330 g/mol. The Morgan fingerprint density at radius 3 is 2.58 bits per heavy atom. The zero-order valence-electron chi connectivity index (χ0n) is 6.86. The number of methoxy groups -OCH3 is 1. The second-order valence-corrected chi connectivity index (χ2v) is 3.71. The molecule has 0 heterocycles. The minimum absolute atomic E-state index is 0.999. The molecule has 62 valence electrons. The molecular formula is C10H10OW. The number of rotatable bonds is 3. The van der Waals surface area contributed by atoms with E-state index >= 15 is 0 Å². The van der Waals surface area contributed by atoms with E-state index in [9.17, 15) is 0 Å². The van der Waals surface area contributed by atoms with E-state index < -0.39 is 0 Å². The fourth-order valence-corrected chi connectivity index (χ4v) is 1.04. The second kappa shape index (κ2) is 5.18. The summed E-state index contributed by atoms with van der Waals surface area (Å²) in [5.74, 6) is 0. The van der Waals surface area contributed by atoms with Crippen LogP contribution in [0.25, 0.3) is 6.08 Å². The fraction of sp³-hybridized carbons (Fsp3) is 0.100. The van der Waals surface area contributed by atoms with Crippen LogP contribution in [0.4, 0.5) is 0 Å². The fourth-order valence-electron chi connectivity index (χ4n) is 0.796. The van der Waals surface area contributed by atoms with Crippen LogP contribution in [0.3, 0.4) is 0 Å². The number of ether oxygens (including phenoxy) is 1. The van der Waals surface area contributed by atoms with Gasteiger partial charge in [-0.25, -0.2) is 0 Å². The quantitative estimate of drug-likeness (QED) is 0.824. The summed E-state index contributed by atoms with van der Waals surface area (Å²) < 4.78 is 6.04. The molecule has 0 aliphatic carbocycles. The maximum absolute atomic E-state index is 5.04. The maximum atomic E-state index is 5.04. The standard InChI is InChI=1S/C10H10O.W/c1-11-9-5-8-10-6-3-2-4-7-10;/h2-8H,1H3;/b8-5+;. The van der Waals surface area contributed by atoms with Crippen LogP contribution >= 0.6 is 0 Å². The summed E-state index contributed by atoms with van der Waals surface area (Å²) in [6.07, 6.45) is 4.04. The third kappa shape index (κ3) is 3.25. The molecule has 0 radical (unpaired) electrons.